The lowest BCUT2D eigenvalue weighted by molar-refractivity contribution is -0.132. The molecular weight excluding hydrogens is 392 g/mol. The number of hydrogen-bond donors (Lipinski definition) is 2. The van der Waals surface area contributed by atoms with Crippen LogP contribution in [-0.4, -0.2) is 58.7 Å². The molecule has 1 fully saturated rings. The lowest BCUT2D eigenvalue weighted by Gasteiger charge is -2.39. The van der Waals surface area contributed by atoms with E-state index in [0.29, 0.717) is 31.9 Å². The van der Waals surface area contributed by atoms with Gasteiger partial charge in [-0.3, -0.25) is 4.79 Å². The van der Waals surface area contributed by atoms with E-state index in [0.717, 1.165) is 17.0 Å². The number of piperazine rings is 1. The molecule has 8 nitrogen and oxygen atoms in total. The zero-order valence-corrected chi connectivity index (χ0v) is 17.2. The molecule has 2 aliphatic rings. The molecule has 2 aromatic rings. The number of para-hydroxylation sites is 2. The molecule has 29 heavy (non-hydrogen) atoms. The monoisotopic (exact) mass is 416 g/mol. The highest BCUT2D eigenvalue weighted by molar-refractivity contribution is 7.89. The van der Waals surface area contributed by atoms with E-state index in [2.05, 4.69) is 14.9 Å². The van der Waals surface area contributed by atoms with E-state index >= 15 is 0 Å². The topological polar surface area (TPSA) is 91.0 Å². The van der Waals surface area contributed by atoms with E-state index < -0.39 is 16.2 Å². The van der Waals surface area contributed by atoms with Gasteiger partial charge >= 0.3 is 0 Å². The molecule has 0 saturated carbocycles. The standard InChI is InChI=1S/C20H24N4O4S/c1-14-7-8-18-15(13-14)21-19(22-29(18,26)27)20(25)24-11-9-23(10-12-24)16-5-3-4-6-17(16)28-2/h3-8,13,19,21-22H,9-12H2,1-2H3/t19-/m1/s1. The van der Waals surface area contributed by atoms with Gasteiger partial charge in [0.15, 0.2) is 6.17 Å². The Labute approximate surface area is 170 Å². The van der Waals surface area contributed by atoms with E-state index in [-0.39, 0.29) is 10.8 Å². The van der Waals surface area contributed by atoms with Gasteiger partial charge in [-0.05, 0) is 36.8 Å². The second-order valence-electron chi connectivity index (χ2n) is 7.18. The second kappa shape index (κ2) is 7.57. The van der Waals surface area contributed by atoms with E-state index in [1.165, 1.54) is 0 Å². The van der Waals surface area contributed by atoms with Gasteiger partial charge < -0.3 is 19.9 Å². The number of nitrogens with zero attached hydrogens (tertiary/aromatic N) is 2. The van der Waals surface area contributed by atoms with Gasteiger partial charge in [-0.15, -0.1) is 0 Å². The minimum Gasteiger partial charge on any atom is -0.495 e. The van der Waals surface area contributed by atoms with E-state index in [1.54, 1.807) is 30.2 Å². The molecule has 154 valence electrons. The smallest absolute Gasteiger partial charge is 0.261 e. The molecule has 0 unspecified atom stereocenters. The Kier molecular flexibility index (Phi) is 5.10. The van der Waals surface area contributed by atoms with Crippen molar-refractivity contribution >= 4 is 27.3 Å². The third-order valence-corrected chi connectivity index (χ3v) is 6.74. The van der Waals surface area contributed by atoms with Crippen molar-refractivity contribution in [2.45, 2.75) is 18.0 Å². The Morgan fingerprint density at radius 1 is 1.10 bits per heavy atom. The Morgan fingerprint density at radius 2 is 1.83 bits per heavy atom. The fraction of sp³-hybridized carbons (Fsp3) is 0.350. The third-order valence-electron chi connectivity index (χ3n) is 5.26. The minimum absolute atomic E-state index is 0.160. The van der Waals surface area contributed by atoms with E-state index in [1.807, 2.05) is 31.2 Å². The molecule has 2 aromatic carbocycles. The fourth-order valence-electron chi connectivity index (χ4n) is 3.75. The molecule has 1 atom stereocenters. The number of anilines is 2. The third kappa shape index (κ3) is 3.75. The van der Waals surface area contributed by atoms with Crippen LogP contribution in [0, 0.1) is 6.92 Å². The Balaban J connectivity index is 1.46. The van der Waals surface area contributed by atoms with Gasteiger partial charge in [0, 0.05) is 26.2 Å². The SMILES string of the molecule is COc1ccccc1N1CCN(C(=O)[C@@H]2Nc3cc(C)ccc3S(=O)(=O)N2)CC1. The van der Waals surface area contributed by atoms with Crippen molar-refractivity contribution in [3.8, 4) is 5.75 Å². The van der Waals surface area contributed by atoms with Crippen molar-refractivity contribution in [2.24, 2.45) is 0 Å². The molecule has 2 heterocycles. The molecule has 9 heteroatoms. The van der Waals surface area contributed by atoms with Crippen LogP contribution in [0.5, 0.6) is 5.75 Å². The Hall–Kier alpha value is -2.78. The summed E-state index contributed by atoms with van der Waals surface area (Å²) < 4.78 is 33.0. The van der Waals surface area contributed by atoms with E-state index in [9.17, 15) is 13.2 Å². The highest BCUT2D eigenvalue weighted by Gasteiger charge is 2.36. The molecule has 2 aliphatic heterocycles. The van der Waals surface area contributed by atoms with Gasteiger partial charge in [0.1, 0.15) is 10.6 Å². The number of rotatable bonds is 3. The van der Waals surface area contributed by atoms with Crippen molar-refractivity contribution in [2.75, 3.05) is 43.5 Å². The first kappa shape index (κ1) is 19.5. The number of aryl methyl sites for hydroxylation is 1. The number of carbonyl (C=O) groups is 1. The van der Waals surface area contributed by atoms with Crippen molar-refractivity contribution in [1.82, 2.24) is 9.62 Å². The molecule has 1 amide bonds. The first-order valence-electron chi connectivity index (χ1n) is 9.45. The summed E-state index contributed by atoms with van der Waals surface area (Å²) in [6.07, 6.45) is -1.01. The maximum absolute atomic E-state index is 13.0. The van der Waals surface area contributed by atoms with Crippen LogP contribution < -0.4 is 19.7 Å². The van der Waals surface area contributed by atoms with Crippen LogP contribution in [0.25, 0.3) is 0 Å². The molecule has 0 aliphatic carbocycles. The summed E-state index contributed by atoms with van der Waals surface area (Å²) in [5.41, 5.74) is 2.36. The number of nitrogens with one attached hydrogen (secondary N) is 2. The van der Waals surface area contributed by atoms with Crippen molar-refractivity contribution in [3.05, 3.63) is 48.0 Å². The molecule has 1 saturated heterocycles. The summed E-state index contributed by atoms with van der Waals surface area (Å²) in [7, 11) is -2.10. The number of methoxy groups -OCH3 is 1. The zero-order valence-electron chi connectivity index (χ0n) is 16.4. The number of amides is 1. The summed E-state index contributed by atoms with van der Waals surface area (Å²) in [6, 6.07) is 12.8. The first-order chi connectivity index (χ1) is 13.9. The number of carbonyl (C=O) groups excluding carboxylic acids is 1. The average molecular weight is 417 g/mol. The number of sulfonamides is 1. The van der Waals surface area contributed by atoms with Crippen molar-refractivity contribution in [1.29, 1.82) is 0 Å². The first-order valence-corrected chi connectivity index (χ1v) is 10.9. The van der Waals surface area contributed by atoms with Crippen LogP contribution in [0.3, 0.4) is 0 Å². The number of fused-ring (bicyclic) bond motifs is 1. The normalized spacial score (nSPS) is 20.6. The highest BCUT2D eigenvalue weighted by Crippen LogP contribution is 2.29. The summed E-state index contributed by atoms with van der Waals surface area (Å²) in [5, 5.41) is 3.04. The quantitative estimate of drug-likeness (QED) is 0.786. The number of ether oxygens (including phenoxy) is 1. The molecule has 0 spiro atoms. The molecule has 2 N–H and O–H groups in total. The van der Waals surface area contributed by atoms with Gasteiger partial charge in [0.2, 0.25) is 10.0 Å². The van der Waals surface area contributed by atoms with E-state index in [4.69, 9.17) is 4.74 Å². The Bertz CT molecular complexity index is 1030. The Morgan fingerprint density at radius 3 is 2.55 bits per heavy atom. The maximum atomic E-state index is 13.0. The lowest BCUT2D eigenvalue weighted by Crippen LogP contribution is -2.58. The molecular formula is C20H24N4O4S. The molecule has 4 rings (SSSR count). The molecule has 0 bridgehead atoms. The molecule has 0 aromatic heterocycles. The van der Waals surface area contributed by atoms with Gasteiger partial charge in [-0.2, -0.15) is 4.72 Å². The number of benzene rings is 2. The van der Waals surface area contributed by atoms with Gasteiger partial charge in [-0.25, -0.2) is 8.42 Å². The summed E-state index contributed by atoms with van der Waals surface area (Å²) in [4.78, 5) is 17.0. The predicted octanol–water partition coefficient (Wildman–Crippen LogP) is 1.38. The van der Waals surface area contributed by atoms with Crippen LogP contribution in [0.15, 0.2) is 47.4 Å². The minimum atomic E-state index is -3.74. The van der Waals surface area contributed by atoms with Crippen molar-refractivity contribution in [3.63, 3.8) is 0 Å². The molecule has 0 radical (unpaired) electrons. The van der Waals surface area contributed by atoms with Crippen LogP contribution in [-0.2, 0) is 14.8 Å². The highest BCUT2D eigenvalue weighted by atomic mass is 32.2. The van der Waals surface area contributed by atoms with Gasteiger partial charge in [-0.1, -0.05) is 18.2 Å². The lowest BCUT2D eigenvalue weighted by atomic mass is 10.2. The summed E-state index contributed by atoms with van der Waals surface area (Å²) in [5.74, 6) is 0.515. The van der Waals surface area contributed by atoms with Crippen LogP contribution in [0.2, 0.25) is 0 Å². The fourth-order valence-corrected chi connectivity index (χ4v) is 5.00. The summed E-state index contributed by atoms with van der Waals surface area (Å²) >= 11 is 0. The predicted molar refractivity (Wildman–Crippen MR) is 111 cm³/mol. The summed E-state index contributed by atoms with van der Waals surface area (Å²) in [6.45, 7) is 4.15. The van der Waals surface area contributed by atoms with Crippen LogP contribution >= 0.6 is 0 Å². The number of hydrogen-bond acceptors (Lipinski definition) is 6. The van der Waals surface area contributed by atoms with Crippen LogP contribution in [0.4, 0.5) is 11.4 Å². The maximum Gasteiger partial charge on any atom is 0.261 e. The van der Waals surface area contributed by atoms with Gasteiger partial charge in [0.05, 0.1) is 18.5 Å². The van der Waals surface area contributed by atoms with Gasteiger partial charge in [0.25, 0.3) is 5.91 Å². The average Bonchev–Trinajstić information content (AvgIpc) is 2.72. The largest absolute Gasteiger partial charge is 0.495 e. The zero-order chi connectivity index (χ0) is 20.6. The van der Waals surface area contributed by atoms with Crippen molar-refractivity contribution < 1.29 is 17.9 Å². The van der Waals surface area contributed by atoms with Crippen LogP contribution in [0.1, 0.15) is 5.56 Å². The second-order valence-corrected chi connectivity index (χ2v) is 8.86.